The number of aryl methyl sites for hydroxylation is 2. The largest absolute Gasteiger partial charge is 0.508 e. The van der Waals surface area contributed by atoms with E-state index in [1.54, 1.807) is 179 Å². The predicted molar refractivity (Wildman–Crippen MR) is 392 cm³/mol. The number of aromatic hydroxyl groups is 2. The highest BCUT2D eigenvalue weighted by atomic mass is 16.6. The molecule has 0 aromatic heterocycles. The van der Waals surface area contributed by atoms with Gasteiger partial charge in [0.15, 0.2) is 0 Å². The van der Waals surface area contributed by atoms with E-state index in [-0.39, 0.29) is 120 Å². The van der Waals surface area contributed by atoms with Crippen LogP contribution in [0.5, 0.6) is 11.5 Å². The Morgan fingerprint density at radius 1 is 0.365 bits per heavy atom. The summed E-state index contributed by atoms with van der Waals surface area (Å²) in [6, 6.07) is 5.57. The standard InChI is InChI=1S/C77H125N7O20/c1-71(2,3)98-63(90)39-33-56(68(95)103-76(16,17)18)80-62(89)38-32-52-30-36-59(86)54(46-52)48-84(50-66(93)101-74(10,11)12)44-43-83(49-65(92)100-73(7,8)9)47-53-45-51(29-35-58(53)85)31-37-61(88)79-41-25-22-23-28-60(87)78-42-26-24-27-55(67(94)102-75(13,14)15)81-70(97)82-57(69(96)104-77(19,20)21)34-40-64(91)99-72(4,5)6/h29-30,35-36,45-46,55-57,85-86H,22-28,31-34,37-44,47-50H2,1-21H3,(H,78,87)(H,79,88)(H,80,89)(H2,81,82,97)/t55-,56-,57-/m0/s1. The number of unbranched alkanes of at least 4 members (excludes halogenated alkanes) is 3. The summed E-state index contributed by atoms with van der Waals surface area (Å²) in [6.45, 7) is 36.6. The van der Waals surface area contributed by atoms with Gasteiger partial charge in [0, 0.05) is 82.5 Å². The van der Waals surface area contributed by atoms with Crippen molar-refractivity contribution in [3.05, 3.63) is 58.7 Å². The normalized spacial score (nSPS) is 13.1. The van der Waals surface area contributed by atoms with Gasteiger partial charge in [0.2, 0.25) is 17.7 Å². The number of rotatable bonds is 40. The molecule has 0 aliphatic heterocycles. The minimum Gasteiger partial charge on any atom is -0.508 e. The van der Waals surface area contributed by atoms with E-state index in [2.05, 4.69) is 26.6 Å². The van der Waals surface area contributed by atoms with Gasteiger partial charge in [-0.3, -0.25) is 43.4 Å². The molecule has 104 heavy (non-hydrogen) atoms. The summed E-state index contributed by atoms with van der Waals surface area (Å²) < 4.78 is 38.9. The lowest BCUT2D eigenvalue weighted by atomic mass is 10.0. The van der Waals surface area contributed by atoms with Gasteiger partial charge in [-0.05, 0) is 226 Å². The van der Waals surface area contributed by atoms with Crippen molar-refractivity contribution in [1.82, 2.24) is 36.4 Å². The van der Waals surface area contributed by atoms with Crippen LogP contribution in [0.3, 0.4) is 0 Å². The maximum Gasteiger partial charge on any atom is 0.329 e. The summed E-state index contributed by atoms with van der Waals surface area (Å²) in [5, 5.41) is 36.2. The molecule has 0 heterocycles. The second kappa shape index (κ2) is 42.2. The van der Waals surface area contributed by atoms with Crippen LogP contribution in [0.25, 0.3) is 0 Å². The van der Waals surface area contributed by atoms with Gasteiger partial charge in [-0.15, -0.1) is 0 Å². The molecule has 0 aliphatic carbocycles. The summed E-state index contributed by atoms with van der Waals surface area (Å²) in [4.78, 5) is 148. The molecule has 5 amide bonds. The van der Waals surface area contributed by atoms with Gasteiger partial charge in [0.25, 0.3) is 0 Å². The van der Waals surface area contributed by atoms with E-state index in [4.69, 9.17) is 33.2 Å². The highest BCUT2D eigenvalue weighted by Gasteiger charge is 2.33. The number of benzene rings is 2. The zero-order chi connectivity index (χ0) is 79.2. The van der Waals surface area contributed by atoms with E-state index < -0.39 is 111 Å². The molecular formula is C77H125N7O20. The number of nitrogens with one attached hydrogen (secondary N) is 5. The molecule has 0 saturated carbocycles. The first-order valence-corrected chi connectivity index (χ1v) is 36.2. The van der Waals surface area contributed by atoms with E-state index in [0.717, 1.165) is 5.56 Å². The fourth-order valence-electron chi connectivity index (χ4n) is 10.2. The topological polar surface area (TPSA) is 359 Å². The summed E-state index contributed by atoms with van der Waals surface area (Å²) >= 11 is 0. The van der Waals surface area contributed by atoms with Gasteiger partial charge in [0.05, 0.1) is 13.1 Å². The smallest absolute Gasteiger partial charge is 0.329 e. The molecule has 0 spiro atoms. The van der Waals surface area contributed by atoms with Crippen molar-refractivity contribution in [1.29, 1.82) is 0 Å². The van der Waals surface area contributed by atoms with Gasteiger partial charge in [-0.1, -0.05) is 30.7 Å². The van der Waals surface area contributed by atoms with Gasteiger partial charge < -0.3 is 70.0 Å². The number of hydrogen-bond acceptors (Lipinski definition) is 22. The second-order valence-corrected chi connectivity index (χ2v) is 33.2. The van der Waals surface area contributed by atoms with E-state index in [9.17, 15) is 63.0 Å². The third-order valence-corrected chi connectivity index (χ3v) is 14.4. The molecule has 2 rings (SSSR count). The van der Waals surface area contributed by atoms with E-state index >= 15 is 0 Å². The Hall–Kier alpha value is -8.07. The number of phenolic OH excluding ortho intramolecular Hbond substituents is 2. The molecule has 27 heteroatoms. The second-order valence-electron chi connectivity index (χ2n) is 33.2. The van der Waals surface area contributed by atoms with Crippen molar-refractivity contribution < 1.29 is 96.1 Å². The van der Waals surface area contributed by atoms with Crippen molar-refractivity contribution in [2.45, 2.75) is 312 Å². The maximum absolute atomic E-state index is 13.5. The molecule has 3 atom stereocenters. The molecule has 0 aliphatic rings. The molecule has 0 unspecified atom stereocenters. The van der Waals surface area contributed by atoms with Crippen LogP contribution in [-0.2, 0) is 107 Å². The fraction of sp³-hybridized carbons (Fsp3) is 0.701. The average molecular weight is 1470 g/mol. The lowest BCUT2D eigenvalue weighted by molar-refractivity contribution is -0.161. The molecule has 2 aromatic carbocycles. The Morgan fingerprint density at radius 2 is 0.692 bits per heavy atom. The molecule has 27 nitrogen and oxygen atoms in total. The summed E-state index contributed by atoms with van der Waals surface area (Å²) in [5.41, 5.74) is -3.47. The quantitative estimate of drug-likeness (QED) is 0.0185. The number of nitrogens with zero attached hydrogens (tertiary/aromatic N) is 2. The third-order valence-electron chi connectivity index (χ3n) is 14.4. The highest BCUT2D eigenvalue weighted by molar-refractivity contribution is 5.88. The Bertz CT molecular complexity index is 3160. The van der Waals surface area contributed by atoms with Gasteiger partial charge in [-0.2, -0.15) is 0 Å². The van der Waals surface area contributed by atoms with E-state index in [1.165, 1.54) is 12.1 Å². The molecule has 0 saturated heterocycles. The molecule has 0 radical (unpaired) electrons. The van der Waals surface area contributed by atoms with Gasteiger partial charge in [0.1, 0.15) is 68.8 Å². The summed E-state index contributed by atoms with van der Waals surface area (Å²) in [6.07, 6.45) is 3.23. The van der Waals surface area contributed by atoms with E-state index in [1.807, 2.05) is 0 Å². The van der Waals surface area contributed by atoms with Crippen molar-refractivity contribution in [2.75, 3.05) is 39.3 Å². The zero-order valence-corrected chi connectivity index (χ0v) is 66.1. The molecule has 588 valence electrons. The van der Waals surface area contributed by atoms with Crippen LogP contribution in [0, 0.1) is 0 Å². The molecule has 7 N–H and O–H groups in total. The Morgan fingerprint density at radius 3 is 1.07 bits per heavy atom. The SMILES string of the molecule is CC(C)(C)OC(=O)CC[C@H](NC(=O)CCc1ccc(O)c(CN(CCN(CC(=O)OC(C)(C)C)Cc2cc(CCC(=O)NCCCCCC(=O)NCCCC[C@H](NC(=O)N[C@@H](CCC(=O)OC(C)(C)C)C(=O)OC(C)(C)C)C(=O)OC(C)(C)C)ccc2O)CC(=O)OC(C)(C)C)c1)C(=O)OC(C)(C)C. The first-order valence-electron chi connectivity index (χ1n) is 36.2. The van der Waals surface area contributed by atoms with Crippen molar-refractivity contribution in [2.24, 2.45) is 0 Å². The number of hydrogen-bond donors (Lipinski definition) is 7. The lowest BCUT2D eigenvalue weighted by Crippen LogP contribution is -2.53. The van der Waals surface area contributed by atoms with Gasteiger partial charge in [-0.25, -0.2) is 19.2 Å². The number of ether oxygens (including phenoxy) is 7. The van der Waals surface area contributed by atoms with Crippen molar-refractivity contribution >= 4 is 65.5 Å². The molecule has 0 fully saturated rings. The zero-order valence-electron chi connectivity index (χ0n) is 66.1. The Labute approximate surface area is 617 Å². The number of esters is 7. The Kier molecular flexibility index (Phi) is 37.3. The van der Waals surface area contributed by atoms with Crippen LogP contribution in [0.2, 0.25) is 0 Å². The van der Waals surface area contributed by atoms with Crippen molar-refractivity contribution in [3.8, 4) is 11.5 Å². The lowest BCUT2D eigenvalue weighted by Gasteiger charge is -2.29. The van der Waals surface area contributed by atoms with Crippen molar-refractivity contribution in [3.63, 3.8) is 0 Å². The molecular weight excluding hydrogens is 1340 g/mol. The van der Waals surface area contributed by atoms with Crippen LogP contribution in [-0.4, -0.2) is 182 Å². The molecule has 0 bridgehead atoms. The fourth-order valence-corrected chi connectivity index (χ4v) is 10.2. The monoisotopic (exact) mass is 1470 g/mol. The van der Waals surface area contributed by atoms with Crippen LogP contribution in [0.15, 0.2) is 36.4 Å². The first-order chi connectivity index (χ1) is 47.7. The number of carbonyl (C=O) groups is 11. The van der Waals surface area contributed by atoms with E-state index in [0.29, 0.717) is 68.3 Å². The number of carbonyl (C=O) groups excluding carboxylic acids is 11. The third kappa shape index (κ3) is 44.6. The average Bonchev–Trinajstić information content (AvgIpc) is 0.858. The first kappa shape index (κ1) is 92.0. The van der Waals surface area contributed by atoms with Crippen LogP contribution >= 0.6 is 0 Å². The van der Waals surface area contributed by atoms with Crippen LogP contribution in [0.4, 0.5) is 4.79 Å². The van der Waals surface area contributed by atoms with Gasteiger partial charge >= 0.3 is 47.8 Å². The maximum atomic E-state index is 13.5. The molecule has 2 aromatic rings. The predicted octanol–water partition coefficient (Wildman–Crippen LogP) is 9.70. The number of phenols is 2. The number of urea groups is 1. The summed E-state index contributed by atoms with van der Waals surface area (Å²) in [5.74, 6) is -5.30. The summed E-state index contributed by atoms with van der Waals surface area (Å²) in [7, 11) is 0. The van der Waals surface area contributed by atoms with Crippen LogP contribution in [0.1, 0.15) is 251 Å². The minimum atomic E-state index is -1.23. The highest BCUT2D eigenvalue weighted by Crippen LogP contribution is 2.26. The number of amides is 5. The minimum absolute atomic E-state index is 0.0275. The van der Waals surface area contributed by atoms with Crippen LogP contribution < -0.4 is 26.6 Å². The Balaban J connectivity index is 2.08.